The van der Waals surface area contributed by atoms with Gasteiger partial charge >= 0.3 is 0 Å². The predicted octanol–water partition coefficient (Wildman–Crippen LogP) is 3.32. The molecule has 5 rings (SSSR count). The maximum absolute atomic E-state index is 13.5. The van der Waals surface area contributed by atoms with Crippen molar-refractivity contribution >= 4 is 50.3 Å². The van der Waals surface area contributed by atoms with E-state index in [1.165, 1.54) is 22.3 Å². The number of carbonyl (C=O) groups is 2. The van der Waals surface area contributed by atoms with Crippen LogP contribution in [-0.4, -0.2) is 33.1 Å². The zero-order chi connectivity index (χ0) is 22.5. The summed E-state index contributed by atoms with van der Waals surface area (Å²) < 4.78 is 34.5. The second kappa shape index (κ2) is 7.57. The van der Waals surface area contributed by atoms with Gasteiger partial charge in [0.25, 0.3) is 10.0 Å². The summed E-state index contributed by atoms with van der Waals surface area (Å²) >= 11 is 1.21. The summed E-state index contributed by atoms with van der Waals surface area (Å²) in [6, 6.07) is 15.2. The number of rotatable bonds is 4. The van der Waals surface area contributed by atoms with Gasteiger partial charge in [0.15, 0.2) is 11.7 Å². The Morgan fingerprint density at radius 1 is 1.12 bits per heavy atom. The lowest BCUT2D eigenvalue weighted by Crippen LogP contribution is -2.49. The Morgan fingerprint density at radius 2 is 1.94 bits per heavy atom. The van der Waals surface area contributed by atoms with Crippen molar-refractivity contribution in [2.45, 2.75) is 11.4 Å². The number of amides is 1. The van der Waals surface area contributed by atoms with E-state index >= 15 is 0 Å². The van der Waals surface area contributed by atoms with Crippen LogP contribution in [0.4, 0.5) is 11.4 Å². The van der Waals surface area contributed by atoms with Crippen LogP contribution in [0.2, 0.25) is 0 Å². The molecule has 2 aromatic carbocycles. The molecule has 0 saturated carbocycles. The summed E-state index contributed by atoms with van der Waals surface area (Å²) in [6.45, 7) is 0.195. The van der Waals surface area contributed by atoms with E-state index in [1.54, 1.807) is 42.8 Å². The molecular weight excluding hydrogens is 450 g/mol. The van der Waals surface area contributed by atoms with Crippen molar-refractivity contribution in [2.24, 2.45) is 10.3 Å². The van der Waals surface area contributed by atoms with Crippen molar-refractivity contribution in [1.29, 1.82) is 0 Å². The zero-order valence-electron chi connectivity index (χ0n) is 16.8. The first-order valence-electron chi connectivity index (χ1n) is 9.66. The highest BCUT2D eigenvalue weighted by Crippen LogP contribution is 2.38. The Bertz CT molecular complexity index is 1390. The minimum absolute atomic E-state index is 0.00417. The van der Waals surface area contributed by atoms with Crippen LogP contribution < -0.4 is 15.0 Å². The molecule has 2 aliphatic heterocycles. The Hall–Kier alpha value is -3.50. The zero-order valence-corrected chi connectivity index (χ0v) is 18.4. The van der Waals surface area contributed by atoms with E-state index in [1.807, 2.05) is 18.2 Å². The van der Waals surface area contributed by atoms with Gasteiger partial charge in [-0.15, -0.1) is 15.7 Å². The van der Waals surface area contributed by atoms with Gasteiger partial charge in [-0.05, 0) is 41.3 Å². The SMILES string of the molecule is COc1cccc(CN2C(=O)C(C3=NS(=O)(=O)c4ccccc4N3)C(=O)c3sccc32)c1. The Balaban J connectivity index is 1.57. The maximum Gasteiger partial charge on any atom is 0.286 e. The third-order valence-corrected chi connectivity index (χ3v) is 7.60. The second-order valence-corrected chi connectivity index (χ2v) is 9.77. The molecule has 162 valence electrons. The van der Waals surface area contributed by atoms with Gasteiger partial charge in [-0.1, -0.05) is 24.3 Å². The fourth-order valence-electron chi connectivity index (χ4n) is 3.83. The third kappa shape index (κ3) is 3.28. The number of nitrogens with one attached hydrogen (secondary N) is 1. The summed E-state index contributed by atoms with van der Waals surface area (Å²) in [6.07, 6.45) is 0. The van der Waals surface area contributed by atoms with Crippen LogP contribution in [0.3, 0.4) is 0 Å². The van der Waals surface area contributed by atoms with Crippen LogP contribution in [0, 0.1) is 5.92 Å². The first-order valence-corrected chi connectivity index (χ1v) is 12.0. The Morgan fingerprint density at radius 3 is 2.75 bits per heavy atom. The highest BCUT2D eigenvalue weighted by Gasteiger charge is 2.45. The number of amidine groups is 1. The quantitative estimate of drug-likeness (QED) is 0.590. The first kappa shape index (κ1) is 20.4. The number of nitrogens with zero attached hydrogens (tertiary/aromatic N) is 2. The van der Waals surface area contributed by atoms with Gasteiger partial charge in [-0.2, -0.15) is 8.42 Å². The number of methoxy groups -OCH3 is 1. The number of Topliss-reactive ketones (excluding diaryl/α,β-unsaturated/α-hetero) is 1. The number of hydrogen-bond acceptors (Lipinski definition) is 7. The van der Waals surface area contributed by atoms with E-state index in [0.29, 0.717) is 16.3 Å². The number of carbonyl (C=O) groups excluding carboxylic acids is 2. The molecule has 3 aromatic rings. The molecule has 0 spiro atoms. The summed E-state index contributed by atoms with van der Waals surface area (Å²) in [5, 5.41) is 4.63. The molecule has 1 aromatic heterocycles. The fourth-order valence-corrected chi connectivity index (χ4v) is 5.86. The van der Waals surface area contributed by atoms with Gasteiger partial charge in [0, 0.05) is 0 Å². The van der Waals surface area contributed by atoms with E-state index in [0.717, 1.165) is 5.56 Å². The van der Waals surface area contributed by atoms with Gasteiger partial charge in [-0.3, -0.25) is 9.59 Å². The molecule has 3 heterocycles. The minimum Gasteiger partial charge on any atom is -0.497 e. The molecule has 1 atom stereocenters. The molecule has 0 bridgehead atoms. The van der Waals surface area contributed by atoms with Gasteiger partial charge < -0.3 is 15.0 Å². The highest BCUT2D eigenvalue weighted by atomic mass is 32.2. The molecule has 32 heavy (non-hydrogen) atoms. The van der Waals surface area contributed by atoms with Gasteiger partial charge in [0.05, 0.1) is 29.9 Å². The highest BCUT2D eigenvalue weighted by molar-refractivity contribution is 7.90. The second-order valence-electron chi connectivity index (χ2n) is 7.28. The summed E-state index contributed by atoms with van der Waals surface area (Å²) in [5.74, 6) is -1.93. The lowest BCUT2D eigenvalue weighted by Gasteiger charge is -2.33. The average Bonchev–Trinajstić information content (AvgIpc) is 3.27. The van der Waals surface area contributed by atoms with Gasteiger partial charge in [-0.25, -0.2) is 0 Å². The van der Waals surface area contributed by atoms with Crippen LogP contribution in [0.5, 0.6) is 5.75 Å². The minimum atomic E-state index is -4.05. The number of anilines is 2. The molecule has 0 saturated heterocycles. The molecule has 0 aliphatic carbocycles. The largest absolute Gasteiger partial charge is 0.497 e. The first-order chi connectivity index (χ1) is 15.4. The van der Waals surface area contributed by atoms with E-state index in [4.69, 9.17) is 4.74 Å². The molecule has 1 unspecified atom stereocenters. The molecule has 0 fully saturated rings. The number of para-hydroxylation sites is 1. The number of benzene rings is 2. The van der Waals surface area contributed by atoms with E-state index in [-0.39, 0.29) is 23.0 Å². The standard InChI is InChI=1S/C22H17N3O5S2/c1-30-14-6-4-5-13(11-14)12-25-16-9-10-31-20(16)19(26)18(22(25)27)21-23-15-7-2-3-8-17(15)32(28,29)24-21/h2-11,18H,12H2,1H3,(H,23,24). The number of ketones is 1. The summed E-state index contributed by atoms with van der Waals surface area (Å²) in [5.41, 5.74) is 1.60. The van der Waals surface area contributed by atoms with Crippen LogP contribution >= 0.6 is 11.3 Å². The van der Waals surface area contributed by atoms with Crippen LogP contribution in [0.1, 0.15) is 15.2 Å². The molecule has 1 N–H and O–H groups in total. The van der Waals surface area contributed by atoms with Gasteiger partial charge in [0.2, 0.25) is 5.91 Å². The molecule has 10 heteroatoms. The molecule has 0 radical (unpaired) electrons. The van der Waals surface area contributed by atoms with Crippen molar-refractivity contribution in [2.75, 3.05) is 17.3 Å². The van der Waals surface area contributed by atoms with Crippen molar-refractivity contribution in [1.82, 2.24) is 0 Å². The van der Waals surface area contributed by atoms with Crippen LogP contribution in [0.15, 0.2) is 69.3 Å². The van der Waals surface area contributed by atoms with E-state index in [9.17, 15) is 18.0 Å². The number of fused-ring (bicyclic) bond motifs is 2. The Kier molecular flexibility index (Phi) is 4.83. The van der Waals surface area contributed by atoms with Crippen molar-refractivity contribution in [3.8, 4) is 5.75 Å². The average molecular weight is 468 g/mol. The predicted molar refractivity (Wildman–Crippen MR) is 121 cm³/mol. The van der Waals surface area contributed by atoms with Crippen molar-refractivity contribution in [3.05, 3.63) is 70.4 Å². The van der Waals surface area contributed by atoms with Crippen molar-refractivity contribution < 1.29 is 22.7 Å². The van der Waals surface area contributed by atoms with Gasteiger partial charge in [0.1, 0.15) is 16.5 Å². The molecular formula is C22H17N3O5S2. The lowest BCUT2D eigenvalue weighted by atomic mass is 9.93. The molecule has 8 nitrogen and oxygen atoms in total. The number of hydrogen-bond donors (Lipinski definition) is 1. The van der Waals surface area contributed by atoms with E-state index in [2.05, 4.69) is 9.71 Å². The smallest absolute Gasteiger partial charge is 0.286 e. The number of thiophene rings is 1. The third-order valence-electron chi connectivity index (χ3n) is 5.33. The molecule has 1 amide bonds. The lowest BCUT2D eigenvalue weighted by molar-refractivity contribution is -0.119. The number of ether oxygens (including phenoxy) is 1. The number of sulfonamides is 1. The molecule has 2 aliphatic rings. The van der Waals surface area contributed by atoms with E-state index < -0.39 is 27.6 Å². The summed E-state index contributed by atoms with van der Waals surface area (Å²) in [7, 11) is -2.49. The van der Waals surface area contributed by atoms with Crippen molar-refractivity contribution in [3.63, 3.8) is 0 Å². The Labute approximate surface area is 188 Å². The summed E-state index contributed by atoms with van der Waals surface area (Å²) in [4.78, 5) is 28.7. The van der Waals surface area contributed by atoms with Crippen LogP contribution in [0.25, 0.3) is 0 Å². The fraction of sp³-hybridized carbons (Fsp3) is 0.136. The topological polar surface area (TPSA) is 105 Å². The van der Waals surface area contributed by atoms with Crippen LogP contribution in [-0.2, 0) is 21.4 Å². The monoisotopic (exact) mass is 467 g/mol. The maximum atomic E-state index is 13.5. The normalized spacial score (nSPS) is 19.0.